The molecule has 1 aliphatic rings. The predicted octanol–water partition coefficient (Wildman–Crippen LogP) is 0.890. The Bertz CT molecular complexity index is 308. The largest absolute Gasteiger partial charge is 0.328 e. The molecule has 0 aliphatic carbocycles. The molecule has 0 spiro atoms. The molecule has 0 aromatic heterocycles. The van der Waals surface area contributed by atoms with E-state index in [-0.39, 0.29) is 6.10 Å². The van der Waals surface area contributed by atoms with Crippen LogP contribution in [0.2, 0.25) is 0 Å². The zero-order valence-electron chi connectivity index (χ0n) is 7.23. The van der Waals surface area contributed by atoms with Gasteiger partial charge in [-0.05, 0) is 11.6 Å². The molecule has 1 atom stereocenters. The Hall–Kier alpha value is -1.32. The van der Waals surface area contributed by atoms with Crippen LogP contribution < -0.4 is 11.2 Å². The Morgan fingerprint density at radius 1 is 1.31 bits per heavy atom. The average molecular weight is 176 g/mol. The molecule has 0 amide bonds. The third kappa shape index (κ3) is 1.71. The number of nitrogens with two attached hydrogens (primary N) is 1. The van der Waals surface area contributed by atoms with Gasteiger partial charge in [0.05, 0.1) is 5.70 Å². The fraction of sp³-hybridized carbons (Fsp3) is 0.200. The molecule has 1 aromatic rings. The van der Waals surface area contributed by atoms with E-state index in [0.717, 1.165) is 11.3 Å². The molecule has 1 aliphatic heterocycles. The number of rotatable bonds is 2. The summed E-state index contributed by atoms with van der Waals surface area (Å²) < 4.78 is 0. The molecule has 68 valence electrons. The summed E-state index contributed by atoms with van der Waals surface area (Å²) in [6.45, 7) is 0.503. The Morgan fingerprint density at radius 3 is 2.69 bits per heavy atom. The Balaban J connectivity index is 2.19. The summed E-state index contributed by atoms with van der Waals surface area (Å²) in [5, 5.41) is 0. The Morgan fingerprint density at radius 2 is 2.08 bits per heavy atom. The lowest BCUT2D eigenvalue weighted by Crippen LogP contribution is -2.21. The third-order valence-corrected chi connectivity index (χ3v) is 1.99. The molecule has 1 heterocycles. The van der Waals surface area contributed by atoms with Crippen LogP contribution in [0.25, 0.3) is 5.70 Å². The molecule has 3 heteroatoms. The van der Waals surface area contributed by atoms with Gasteiger partial charge in [0, 0.05) is 6.54 Å². The van der Waals surface area contributed by atoms with Crippen molar-refractivity contribution in [2.24, 2.45) is 5.73 Å². The van der Waals surface area contributed by atoms with Crippen LogP contribution in [0.1, 0.15) is 5.56 Å². The predicted molar refractivity (Wildman–Crippen MR) is 51.5 cm³/mol. The fourth-order valence-electron chi connectivity index (χ4n) is 1.28. The number of hydrogen-bond acceptors (Lipinski definition) is 3. The molecule has 1 unspecified atom stereocenters. The van der Waals surface area contributed by atoms with Crippen molar-refractivity contribution >= 4 is 5.70 Å². The number of nitrogens with one attached hydrogen (secondary N) is 1. The van der Waals surface area contributed by atoms with Crippen LogP contribution in [-0.4, -0.2) is 12.6 Å². The normalized spacial score (nSPS) is 21.0. The highest BCUT2D eigenvalue weighted by molar-refractivity contribution is 5.64. The number of hydroxylamine groups is 1. The summed E-state index contributed by atoms with van der Waals surface area (Å²) in [7, 11) is 0. The maximum Gasteiger partial charge on any atom is 0.118 e. The lowest BCUT2D eigenvalue weighted by molar-refractivity contribution is 0.0567. The van der Waals surface area contributed by atoms with Gasteiger partial charge >= 0.3 is 0 Å². The van der Waals surface area contributed by atoms with E-state index >= 15 is 0 Å². The van der Waals surface area contributed by atoms with Gasteiger partial charge in [0.15, 0.2) is 0 Å². The monoisotopic (exact) mass is 176 g/mol. The summed E-state index contributed by atoms with van der Waals surface area (Å²) in [5.74, 6) is 0. The van der Waals surface area contributed by atoms with Gasteiger partial charge in [-0.3, -0.25) is 10.3 Å². The zero-order chi connectivity index (χ0) is 9.10. The SMILES string of the molecule is NCC1C=C(c2ccccc2)NO1. The first-order valence-electron chi connectivity index (χ1n) is 4.29. The van der Waals surface area contributed by atoms with Gasteiger partial charge in [0.1, 0.15) is 6.10 Å². The summed E-state index contributed by atoms with van der Waals surface area (Å²) >= 11 is 0. The van der Waals surface area contributed by atoms with E-state index in [0.29, 0.717) is 6.54 Å². The second kappa shape index (κ2) is 3.60. The van der Waals surface area contributed by atoms with Crippen LogP contribution >= 0.6 is 0 Å². The minimum absolute atomic E-state index is 0.00444. The van der Waals surface area contributed by atoms with Gasteiger partial charge in [-0.25, -0.2) is 0 Å². The second-order valence-electron chi connectivity index (χ2n) is 2.94. The fourth-order valence-corrected chi connectivity index (χ4v) is 1.28. The third-order valence-electron chi connectivity index (χ3n) is 1.99. The lowest BCUT2D eigenvalue weighted by Gasteiger charge is -2.03. The van der Waals surface area contributed by atoms with E-state index in [1.165, 1.54) is 0 Å². The molecule has 2 rings (SSSR count). The van der Waals surface area contributed by atoms with E-state index in [1.807, 2.05) is 36.4 Å². The number of benzene rings is 1. The van der Waals surface area contributed by atoms with Gasteiger partial charge < -0.3 is 5.73 Å². The molecule has 0 fully saturated rings. The van der Waals surface area contributed by atoms with Crippen molar-refractivity contribution < 1.29 is 4.84 Å². The van der Waals surface area contributed by atoms with Crippen LogP contribution in [-0.2, 0) is 4.84 Å². The van der Waals surface area contributed by atoms with E-state index in [4.69, 9.17) is 10.6 Å². The van der Waals surface area contributed by atoms with Gasteiger partial charge in [0.2, 0.25) is 0 Å². The first-order valence-corrected chi connectivity index (χ1v) is 4.29. The molecule has 3 nitrogen and oxygen atoms in total. The first-order chi connectivity index (χ1) is 6.40. The maximum atomic E-state index is 5.46. The Labute approximate surface area is 77.2 Å². The van der Waals surface area contributed by atoms with E-state index in [2.05, 4.69) is 5.48 Å². The highest BCUT2D eigenvalue weighted by Crippen LogP contribution is 2.16. The summed E-state index contributed by atoms with van der Waals surface area (Å²) in [5.41, 5.74) is 10.4. The van der Waals surface area contributed by atoms with Crippen LogP contribution in [0.5, 0.6) is 0 Å². The van der Waals surface area contributed by atoms with Crippen molar-refractivity contribution in [3.8, 4) is 0 Å². The quantitative estimate of drug-likeness (QED) is 0.703. The van der Waals surface area contributed by atoms with Crippen molar-refractivity contribution in [2.75, 3.05) is 6.54 Å². The van der Waals surface area contributed by atoms with Crippen LogP contribution in [0.15, 0.2) is 36.4 Å². The summed E-state index contributed by atoms with van der Waals surface area (Å²) in [6, 6.07) is 10.0. The minimum atomic E-state index is -0.00444. The number of hydrogen-bond donors (Lipinski definition) is 2. The van der Waals surface area contributed by atoms with Crippen molar-refractivity contribution in [3.05, 3.63) is 42.0 Å². The smallest absolute Gasteiger partial charge is 0.118 e. The molecule has 13 heavy (non-hydrogen) atoms. The van der Waals surface area contributed by atoms with Crippen LogP contribution in [0, 0.1) is 0 Å². The molecule has 1 aromatic carbocycles. The molecule has 0 radical (unpaired) electrons. The average Bonchev–Trinajstić information content (AvgIpc) is 2.67. The van der Waals surface area contributed by atoms with Crippen LogP contribution in [0.3, 0.4) is 0 Å². The second-order valence-corrected chi connectivity index (χ2v) is 2.94. The summed E-state index contributed by atoms with van der Waals surface area (Å²) in [4.78, 5) is 5.20. The standard InChI is InChI=1S/C10H12N2O/c11-7-9-6-10(12-13-9)8-4-2-1-3-5-8/h1-6,9,12H,7,11H2. The van der Waals surface area contributed by atoms with Crippen molar-refractivity contribution in [2.45, 2.75) is 6.10 Å². The molecule has 0 saturated heterocycles. The molecule has 0 saturated carbocycles. The first kappa shape index (κ1) is 8.29. The molecular weight excluding hydrogens is 164 g/mol. The molecule has 0 bridgehead atoms. The van der Waals surface area contributed by atoms with Crippen molar-refractivity contribution in [1.29, 1.82) is 0 Å². The van der Waals surface area contributed by atoms with E-state index < -0.39 is 0 Å². The highest BCUT2D eigenvalue weighted by Gasteiger charge is 2.14. The Kier molecular flexibility index (Phi) is 2.29. The summed E-state index contributed by atoms with van der Waals surface area (Å²) in [6.07, 6.45) is 1.99. The van der Waals surface area contributed by atoms with Crippen LogP contribution in [0.4, 0.5) is 0 Å². The van der Waals surface area contributed by atoms with Gasteiger partial charge in [-0.15, -0.1) is 0 Å². The van der Waals surface area contributed by atoms with Gasteiger partial charge in [-0.1, -0.05) is 30.3 Å². The minimum Gasteiger partial charge on any atom is -0.328 e. The highest BCUT2D eigenvalue weighted by atomic mass is 16.7. The van der Waals surface area contributed by atoms with Gasteiger partial charge in [0.25, 0.3) is 0 Å². The lowest BCUT2D eigenvalue weighted by atomic mass is 10.1. The van der Waals surface area contributed by atoms with Crippen molar-refractivity contribution in [3.63, 3.8) is 0 Å². The zero-order valence-corrected chi connectivity index (χ0v) is 7.23. The topological polar surface area (TPSA) is 47.3 Å². The molecular formula is C10H12N2O. The maximum absolute atomic E-state index is 5.46. The van der Waals surface area contributed by atoms with Crippen molar-refractivity contribution in [1.82, 2.24) is 5.48 Å². The van der Waals surface area contributed by atoms with Gasteiger partial charge in [-0.2, -0.15) is 0 Å². The van der Waals surface area contributed by atoms with E-state index in [1.54, 1.807) is 0 Å². The van der Waals surface area contributed by atoms with E-state index in [9.17, 15) is 0 Å². The molecule has 3 N–H and O–H groups in total.